The average Bonchev–Trinajstić information content (AvgIpc) is 3.36. The van der Waals surface area contributed by atoms with Gasteiger partial charge < -0.3 is 14.7 Å². The largest absolute Gasteiger partial charge is 0.465 e. The van der Waals surface area contributed by atoms with Crippen LogP contribution in [0.5, 0.6) is 0 Å². The zero-order valence-electron chi connectivity index (χ0n) is 20.7. The number of aromatic nitrogens is 1. The molecular weight excluding hydrogens is 480 g/mol. The molecule has 2 amide bonds. The number of anilines is 1. The van der Waals surface area contributed by atoms with Gasteiger partial charge in [-0.3, -0.25) is 24.8 Å². The molecule has 2 aromatic rings. The number of nitrogens with one attached hydrogen (secondary N) is 1. The lowest BCUT2D eigenvalue weighted by Gasteiger charge is -2.44. The Labute approximate surface area is 214 Å². The standard InChI is InChI=1S/C26H32N4O5S/c1-25(2)15-26(23(32)35-25)8-4-10-30(16-26)18-6-11-29(12-7-18)22(31)19-13-20(17-5-3-9-27-14-17)36-21(19)28-24(33)34/h3,5,9,13-14,18,28H,4,6-8,10-12,15-16H2,1-2H3,(H,33,34). The number of carboxylic acid groups (broad SMARTS) is 1. The van der Waals surface area contributed by atoms with Crippen LogP contribution in [0.1, 0.15) is 56.3 Å². The molecule has 3 fully saturated rings. The maximum atomic E-state index is 13.5. The van der Waals surface area contributed by atoms with Crippen LogP contribution in [0, 0.1) is 5.41 Å². The highest BCUT2D eigenvalue weighted by molar-refractivity contribution is 7.20. The number of likely N-dealkylation sites (tertiary alicyclic amines) is 2. The van der Waals surface area contributed by atoms with E-state index in [4.69, 9.17) is 4.74 Å². The number of hydrogen-bond donors (Lipinski definition) is 2. The van der Waals surface area contributed by atoms with Gasteiger partial charge in [0.2, 0.25) is 0 Å². The van der Waals surface area contributed by atoms with Crippen LogP contribution in [0.25, 0.3) is 10.4 Å². The Kier molecular flexibility index (Phi) is 6.50. The zero-order chi connectivity index (χ0) is 25.5. The van der Waals surface area contributed by atoms with Crippen LogP contribution in [0.4, 0.5) is 9.80 Å². The molecule has 36 heavy (non-hydrogen) atoms. The Bertz CT molecular complexity index is 1160. The summed E-state index contributed by atoms with van der Waals surface area (Å²) in [5.41, 5.74) is 0.382. The fraction of sp³-hybridized carbons (Fsp3) is 0.538. The first-order valence-electron chi connectivity index (χ1n) is 12.5. The summed E-state index contributed by atoms with van der Waals surface area (Å²) in [6.45, 7) is 6.83. The molecule has 0 radical (unpaired) electrons. The number of carbonyl (C=O) groups excluding carboxylic acids is 2. The third kappa shape index (κ3) is 4.84. The van der Waals surface area contributed by atoms with Crippen molar-refractivity contribution in [3.8, 4) is 10.4 Å². The molecule has 3 aliphatic heterocycles. The van der Waals surface area contributed by atoms with Crippen molar-refractivity contribution in [2.24, 2.45) is 5.41 Å². The van der Waals surface area contributed by atoms with Gasteiger partial charge in [-0.1, -0.05) is 6.07 Å². The number of nitrogens with zero attached hydrogens (tertiary/aromatic N) is 3. The minimum absolute atomic E-state index is 0.0647. The summed E-state index contributed by atoms with van der Waals surface area (Å²) >= 11 is 1.24. The highest BCUT2D eigenvalue weighted by atomic mass is 32.1. The summed E-state index contributed by atoms with van der Waals surface area (Å²) in [6.07, 6.45) is 6.41. The van der Waals surface area contributed by atoms with Crippen molar-refractivity contribution in [2.45, 2.75) is 57.6 Å². The van der Waals surface area contributed by atoms with E-state index in [1.165, 1.54) is 11.3 Å². The second-order valence-electron chi connectivity index (χ2n) is 10.7. The van der Waals surface area contributed by atoms with Crippen LogP contribution < -0.4 is 5.32 Å². The molecule has 3 saturated heterocycles. The lowest BCUT2D eigenvalue weighted by Crippen LogP contribution is -2.53. The lowest BCUT2D eigenvalue weighted by molar-refractivity contribution is -0.154. The van der Waals surface area contributed by atoms with Gasteiger partial charge in [-0.25, -0.2) is 4.79 Å². The molecule has 3 aliphatic rings. The molecule has 1 unspecified atom stereocenters. The van der Waals surface area contributed by atoms with E-state index in [9.17, 15) is 19.5 Å². The van der Waals surface area contributed by atoms with Crippen LogP contribution in [0.15, 0.2) is 30.6 Å². The molecule has 10 heteroatoms. The summed E-state index contributed by atoms with van der Waals surface area (Å²) in [4.78, 5) is 46.7. The molecule has 0 saturated carbocycles. The van der Waals surface area contributed by atoms with Gasteiger partial charge in [0.05, 0.1) is 11.0 Å². The maximum absolute atomic E-state index is 13.5. The first-order valence-corrected chi connectivity index (χ1v) is 13.3. The second-order valence-corrected chi connectivity index (χ2v) is 11.8. The van der Waals surface area contributed by atoms with Crippen LogP contribution in [0.3, 0.4) is 0 Å². The van der Waals surface area contributed by atoms with Gasteiger partial charge in [-0.15, -0.1) is 11.3 Å². The average molecular weight is 513 g/mol. The number of amides is 2. The summed E-state index contributed by atoms with van der Waals surface area (Å²) in [6, 6.07) is 5.76. The van der Waals surface area contributed by atoms with E-state index in [0.717, 1.165) is 55.6 Å². The van der Waals surface area contributed by atoms with Crippen LogP contribution in [-0.4, -0.2) is 75.7 Å². The Morgan fingerprint density at radius 1 is 1.25 bits per heavy atom. The molecule has 5 rings (SSSR count). The summed E-state index contributed by atoms with van der Waals surface area (Å²) in [5, 5.41) is 12.0. The van der Waals surface area contributed by atoms with E-state index in [1.54, 1.807) is 18.5 Å². The van der Waals surface area contributed by atoms with Crippen molar-refractivity contribution in [3.05, 3.63) is 36.2 Å². The van der Waals surface area contributed by atoms with Gasteiger partial charge in [-0.05, 0) is 58.2 Å². The quantitative estimate of drug-likeness (QED) is 0.587. The number of rotatable bonds is 4. The summed E-state index contributed by atoms with van der Waals surface area (Å²) in [5.74, 6) is -0.232. The Morgan fingerprint density at radius 2 is 2.03 bits per heavy atom. The van der Waals surface area contributed by atoms with Crippen LogP contribution in [0.2, 0.25) is 0 Å². The monoisotopic (exact) mass is 512 g/mol. The number of pyridine rings is 1. The molecular formula is C26H32N4O5S. The molecule has 192 valence electrons. The first-order chi connectivity index (χ1) is 17.2. The van der Waals surface area contributed by atoms with E-state index in [0.29, 0.717) is 29.7 Å². The van der Waals surface area contributed by atoms with Gasteiger partial charge in [-0.2, -0.15) is 0 Å². The Morgan fingerprint density at radius 3 is 2.67 bits per heavy atom. The molecule has 2 N–H and O–H groups in total. The van der Waals surface area contributed by atoms with Gasteiger partial charge >= 0.3 is 12.1 Å². The number of esters is 1. The summed E-state index contributed by atoms with van der Waals surface area (Å²) < 4.78 is 5.68. The number of ether oxygens (including phenoxy) is 1. The van der Waals surface area contributed by atoms with Crippen molar-refractivity contribution in [3.63, 3.8) is 0 Å². The number of piperidine rings is 2. The number of thiophene rings is 1. The number of cyclic esters (lactones) is 1. The minimum atomic E-state index is -1.20. The Balaban J connectivity index is 1.26. The fourth-order valence-electron chi connectivity index (χ4n) is 6.07. The van der Waals surface area contributed by atoms with Crippen molar-refractivity contribution >= 4 is 34.3 Å². The van der Waals surface area contributed by atoms with Crippen molar-refractivity contribution in [2.75, 3.05) is 31.5 Å². The SMILES string of the molecule is CC1(C)CC2(CCCN(C3CCN(C(=O)c4cc(-c5cccnc5)sc4NC(=O)O)CC3)C2)C(=O)O1. The van der Waals surface area contributed by atoms with E-state index in [-0.39, 0.29) is 11.9 Å². The van der Waals surface area contributed by atoms with E-state index in [1.807, 2.05) is 30.9 Å². The summed E-state index contributed by atoms with van der Waals surface area (Å²) in [7, 11) is 0. The first kappa shape index (κ1) is 24.7. The van der Waals surface area contributed by atoms with Crippen molar-refractivity contribution in [1.82, 2.24) is 14.8 Å². The molecule has 0 aliphatic carbocycles. The van der Waals surface area contributed by atoms with Gasteiger partial charge in [0, 0.05) is 54.9 Å². The third-order valence-corrected chi connectivity index (χ3v) is 8.67. The van der Waals surface area contributed by atoms with Gasteiger partial charge in [0.25, 0.3) is 5.91 Å². The zero-order valence-corrected chi connectivity index (χ0v) is 21.5. The molecule has 1 spiro atoms. The lowest BCUT2D eigenvalue weighted by atomic mass is 9.74. The third-order valence-electron chi connectivity index (χ3n) is 7.57. The highest BCUT2D eigenvalue weighted by Gasteiger charge is 2.54. The van der Waals surface area contributed by atoms with E-state index < -0.39 is 17.1 Å². The minimum Gasteiger partial charge on any atom is -0.465 e. The Hall–Kier alpha value is -2.98. The highest BCUT2D eigenvalue weighted by Crippen LogP contribution is 2.47. The smallest absolute Gasteiger partial charge is 0.409 e. The molecule has 2 aromatic heterocycles. The topological polar surface area (TPSA) is 112 Å². The van der Waals surface area contributed by atoms with Crippen molar-refractivity contribution in [1.29, 1.82) is 0 Å². The molecule has 1 atom stereocenters. The predicted octanol–water partition coefficient (Wildman–Crippen LogP) is 4.31. The molecule has 0 aromatic carbocycles. The predicted molar refractivity (Wildman–Crippen MR) is 136 cm³/mol. The molecule has 9 nitrogen and oxygen atoms in total. The van der Waals surface area contributed by atoms with Crippen LogP contribution in [-0.2, 0) is 9.53 Å². The molecule has 5 heterocycles. The van der Waals surface area contributed by atoms with Gasteiger partial charge in [0.15, 0.2) is 0 Å². The fourth-order valence-corrected chi connectivity index (χ4v) is 7.10. The second kappa shape index (κ2) is 9.48. The van der Waals surface area contributed by atoms with E-state index >= 15 is 0 Å². The number of hydrogen-bond acceptors (Lipinski definition) is 7. The maximum Gasteiger partial charge on any atom is 0.409 e. The van der Waals surface area contributed by atoms with Gasteiger partial charge in [0.1, 0.15) is 10.6 Å². The van der Waals surface area contributed by atoms with E-state index in [2.05, 4.69) is 15.2 Å². The normalized spacial score (nSPS) is 24.6. The van der Waals surface area contributed by atoms with Crippen LogP contribution >= 0.6 is 11.3 Å². The number of carbonyl (C=O) groups is 3. The molecule has 0 bridgehead atoms. The van der Waals surface area contributed by atoms with Crippen molar-refractivity contribution < 1.29 is 24.2 Å².